The summed E-state index contributed by atoms with van der Waals surface area (Å²) in [5.41, 5.74) is 0. The van der Waals surface area contributed by atoms with Gasteiger partial charge in [-0.2, -0.15) is 11.8 Å². The maximum atomic E-state index is 10.5. The van der Waals surface area contributed by atoms with Crippen molar-refractivity contribution in [3.05, 3.63) is 12.2 Å². The summed E-state index contributed by atoms with van der Waals surface area (Å²) in [6, 6.07) is 0. The van der Waals surface area contributed by atoms with Gasteiger partial charge in [-0.1, -0.05) is 44.8 Å². The van der Waals surface area contributed by atoms with Crippen LogP contribution in [0.25, 0.3) is 0 Å². The molecule has 0 spiro atoms. The number of carboxylic acids is 1. The molecule has 1 N–H and O–H groups in total. The fourth-order valence-corrected chi connectivity index (χ4v) is 4.91. The molecule has 0 saturated carbocycles. The largest absolute Gasteiger partial charge is 0.481 e. The van der Waals surface area contributed by atoms with Crippen molar-refractivity contribution in [2.45, 2.75) is 77.6 Å². The van der Waals surface area contributed by atoms with Gasteiger partial charge in [0.2, 0.25) is 0 Å². The van der Waals surface area contributed by atoms with Crippen LogP contribution in [0.15, 0.2) is 12.2 Å². The number of carbonyl (C=O) groups is 1. The average Bonchev–Trinajstić information content (AvgIpc) is 3.03. The van der Waals surface area contributed by atoms with Crippen molar-refractivity contribution in [3.8, 4) is 0 Å². The van der Waals surface area contributed by atoms with E-state index < -0.39 is 5.97 Å². The molecule has 1 saturated heterocycles. The third-order valence-electron chi connectivity index (χ3n) is 4.95. The van der Waals surface area contributed by atoms with Gasteiger partial charge in [-0.3, -0.25) is 4.79 Å². The fraction of sp³-hybridized carbons (Fsp3) is 0.857. The number of ether oxygens (including phenoxy) is 1. The molecule has 146 valence electrons. The van der Waals surface area contributed by atoms with Crippen molar-refractivity contribution in [1.29, 1.82) is 0 Å². The number of unbranched alkanes of at least 4 members (excludes halogenated alkanes) is 5. The van der Waals surface area contributed by atoms with Crippen molar-refractivity contribution in [2.24, 2.45) is 11.8 Å². The van der Waals surface area contributed by atoms with Gasteiger partial charge >= 0.3 is 5.97 Å². The van der Waals surface area contributed by atoms with E-state index in [2.05, 4.69) is 30.8 Å². The summed E-state index contributed by atoms with van der Waals surface area (Å²) >= 11 is 2.10. The first-order valence-corrected chi connectivity index (χ1v) is 11.4. The summed E-state index contributed by atoms with van der Waals surface area (Å²) in [7, 11) is 0. The second-order valence-corrected chi connectivity index (χ2v) is 8.29. The standard InChI is InChI=1S/C21H38O3S/c1-2-3-4-10-15-24-16-11-9-13-20-18-25-17-19(20)12-7-5-6-8-14-21(22)23/h5,7,19-20H,2-4,6,8-18H2,1H3,(H,22,23)/b7-5-/t19-,20+/m0/s1. The average molecular weight is 371 g/mol. The Balaban J connectivity index is 1.99. The Morgan fingerprint density at radius 3 is 2.56 bits per heavy atom. The zero-order chi connectivity index (χ0) is 18.2. The fourth-order valence-electron chi connectivity index (χ4n) is 3.33. The Hall–Kier alpha value is -0.480. The van der Waals surface area contributed by atoms with E-state index >= 15 is 0 Å². The monoisotopic (exact) mass is 370 g/mol. The van der Waals surface area contributed by atoms with Gasteiger partial charge in [0, 0.05) is 19.6 Å². The minimum atomic E-state index is -0.689. The summed E-state index contributed by atoms with van der Waals surface area (Å²) < 4.78 is 5.73. The molecule has 2 atom stereocenters. The Morgan fingerprint density at radius 2 is 1.80 bits per heavy atom. The van der Waals surface area contributed by atoms with E-state index in [0.717, 1.165) is 37.9 Å². The molecule has 1 aliphatic rings. The van der Waals surface area contributed by atoms with Gasteiger partial charge in [-0.15, -0.1) is 0 Å². The summed E-state index contributed by atoms with van der Waals surface area (Å²) in [6.07, 6.45) is 16.5. The molecule has 25 heavy (non-hydrogen) atoms. The van der Waals surface area contributed by atoms with Crippen LogP contribution in [0.3, 0.4) is 0 Å². The van der Waals surface area contributed by atoms with Crippen molar-refractivity contribution < 1.29 is 14.6 Å². The molecular weight excluding hydrogens is 332 g/mol. The summed E-state index contributed by atoms with van der Waals surface area (Å²) in [4.78, 5) is 10.5. The Bertz CT molecular complexity index is 357. The van der Waals surface area contributed by atoms with Crippen molar-refractivity contribution >= 4 is 17.7 Å². The first kappa shape index (κ1) is 22.6. The number of hydrogen-bond donors (Lipinski definition) is 1. The lowest BCUT2D eigenvalue weighted by atomic mass is 9.88. The predicted octanol–water partition coefficient (Wildman–Crippen LogP) is 5.93. The van der Waals surface area contributed by atoms with Crippen LogP contribution >= 0.6 is 11.8 Å². The Labute approximate surface area is 159 Å². The van der Waals surface area contributed by atoms with E-state index in [-0.39, 0.29) is 6.42 Å². The highest BCUT2D eigenvalue weighted by Gasteiger charge is 2.26. The number of aliphatic carboxylic acids is 1. The summed E-state index contributed by atoms with van der Waals surface area (Å²) in [5, 5.41) is 8.63. The van der Waals surface area contributed by atoms with E-state index in [9.17, 15) is 4.79 Å². The van der Waals surface area contributed by atoms with Crippen molar-refractivity contribution in [2.75, 3.05) is 24.7 Å². The molecule has 0 radical (unpaired) electrons. The van der Waals surface area contributed by atoms with Crippen LogP contribution in [0.1, 0.15) is 77.6 Å². The summed E-state index contributed by atoms with van der Waals surface area (Å²) in [5.74, 6) is 3.59. The Kier molecular flexibility index (Phi) is 14.2. The van der Waals surface area contributed by atoms with E-state index in [0.29, 0.717) is 0 Å². The maximum absolute atomic E-state index is 10.5. The van der Waals surface area contributed by atoms with Crippen LogP contribution in [0.4, 0.5) is 0 Å². The van der Waals surface area contributed by atoms with E-state index in [1.807, 2.05) is 0 Å². The molecule has 0 aromatic rings. The third kappa shape index (κ3) is 12.5. The second-order valence-electron chi connectivity index (χ2n) is 7.22. The lowest BCUT2D eigenvalue weighted by Gasteiger charge is -2.17. The van der Waals surface area contributed by atoms with Crippen LogP contribution in [-0.2, 0) is 9.53 Å². The molecule has 3 nitrogen and oxygen atoms in total. The second kappa shape index (κ2) is 15.7. The molecule has 0 aliphatic carbocycles. The number of rotatable bonds is 16. The van der Waals surface area contributed by atoms with Crippen LogP contribution in [0.2, 0.25) is 0 Å². The zero-order valence-corrected chi connectivity index (χ0v) is 16.9. The summed E-state index contributed by atoms with van der Waals surface area (Å²) in [6.45, 7) is 4.11. The highest BCUT2D eigenvalue weighted by atomic mass is 32.2. The molecule has 0 amide bonds. The van der Waals surface area contributed by atoms with E-state index in [1.54, 1.807) is 0 Å². The first-order valence-electron chi connectivity index (χ1n) is 10.3. The topological polar surface area (TPSA) is 46.5 Å². The van der Waals surface area contributed by atoms with Crippen LogP contribution < -0.4 is 0 Å². The van der Waals surface area contributed by atoms with E-state index in [1.165, 1.54) is 62.9 Å². The normalized spacial score (nSPS) is 20.5. The number of allylic oxidation sites excluding steroid dienone is 2. The van der Waals surface area contributed by atoms with Gasteiger partial charge in [0.05, 0.1) is 0 Å². The maximum Gasteiger partial charge on any atom is 0.303 e. The molecule has 0 unspecified atom stereocenters. The van der Waals surface area contributed by atoms with Gasteiger partial charge in [-0.05, 0) is 61.9 Å². The quantitative estimate of drug-likeness (QED) is 0.270. The molecule has 4 heteroatoms. The molecule has 1 aliphatic heterocycles. The lowest BCUT2D eigenvalue weighted by Crippen LogP contribution is -2.12. The molecule has 0 bridgehead atoms. The molecule has 0 aromatic heterocycles. The number of thioether (sulfide) groups is 1. The highest BCUT2D eigenvalue weighted by Crippen LogP contribution is 2.35. The molecule has 0 aromatic carbocycles. The van der Waals surface area contributed by atoms with Gasteiger partial charge < -0.3 is 9.84 Å². The van der Waals surface area contributed by atoms with Crippen molar-refractivity contribution in [1.82, 2.24) is 0 Å². The Morgan fingerprint density at radius 1 is 1.04 bits per heavy atom. The van der Waals surface area contributed by atoms with Gasteiger partial charge in [0.25, 0.3) is 0 Å². The minimum absolute atomic E-state index is 0.285. The highest BCUT2D eigenvalue weighted by molar-refractivity contribution is 7.99. The van der Waals surface area contributed by atoms with Crippen LogP contribution in [-0.4, -0.2) is 35.8 Å². The predicted molar refractivity (Wildman–Crippen MR) is 108 cm³/mol. The van der Waals surface area contributed by atoms with Crippen molar-refractivity contribution in [3.63, 3.8) is 0 Å². The minimum Gasteiger partial charge on any atom is -0.481 e. The molecule has 1 fully saturated rings. The SMILES string of the molecule is CCCCCCOCCCC[C@@H]1CSC[C@@H]1C/C=C\CCCC(=O)O. The van der Waals surface area contributed by atoms with Crippen LogP contribution in [0.5, 0.6) is 0 Å². The first-order chi connectivity index (χ1) is 12.2. The third-order valence-corrected chi connectivity index (χ3v) is 6.28. The van der Waals surface area contributed by atoms with E-state index in [4.69, 9.17) is 9.84 Å². The van der Waals surface area contributed by atoms with Crippen LogP contribution in [0, 0.1) is 11.8 Å². The van der Waals surface area contributed by atoms with Gasteiger partial charge in [-0.25, -0.2) is 0 Å². The lowest BCUT2D eigenvalue weighted by molar-refractivity contribution is -0.137. The van der Waals surface area contributed by atoms with Gasteiger partial charge in [0.15, 0.2) is 0 Å². The number of carboxylic acid groups (broad SMARTS) is 1. The smallest absolute Gasteiger partial charge is 0.303 e. The van der Waals surface area contributed by atoms with Gasteiger partial charge in [0.1, 0.15) is 0 Å². The zero-order valence-electron chi connectivity index (χ0n) is 16.1. The molecule has 1 rings (SSSR count). The molecular formula is C21H38O3S. The number of hydrogen-bond acceptors (Lipinski definition) is 3. The molecule has 1 heterocycles.